The van der Waals surface area contributed by atoms with Crippen LogP contribution >= 0.6 is 0 Å². The Balaban J connectivity index is 2.58. The minimum absolute atomic E-state index is 0.0300. The molecule has 0 aliphatic carbocycles. The maximum atomic E-state index is 13.0. The van der Waals surface area contributed by atoms with Crippen molar-refractivity contribution in [3.05, 3.63) is 48.6 Å². The quantitative estimate of drug-likeness (QED) is 0.0194. The zero-order valence-electron chi connectivity index (χ0n) is 39.3. The van der Waals surface area contributed by atoms with E-state index in [0.29, 0.717) is 32.7 Å². The molecule has 1 fully saturated rings. The first-order valence-corrected chi connectivity index (χ1v) is 24.6. The molecule has 1 rings (SSSR count). The van der Waals surface area contributed by atoms with Gasteiger partial charge in [0.25, 0.3) is 0 Å². The van der Waals surface area contributed by atoms with E-state index in [9.17, 15) is 14.4 Å². The molecule has 61 heavy (non-hydrogen) atoms. The molecule has 352 valence electrons. The summed E-state index contributed by atoms with van der Waals surface area (Å²) < 4.78 is 34.1. The van der Waals surface area contributed by atoms with Crippen LogP contribution in [-0.4, -0.2) is 88.6 Å². The van der Waals surface area contributed by atoms with Gasteiger partial charge in [0, 0.05) is 25.3 Å². The molecule has 2 unspecified atom stereocenters. The van der Waals surface area contributed by atoms with Crippen molar-refractivity contribution in [3.8, 4) is 0 Å². The monoisotopic (exact) mass is 860 g/mol. The second-order valence-corrected chi connectivity index (χ2v) is 16.6. The summed E-state index contributed by atoms with van der Waals surface area (Å²) in [6.07, 6.45) is 40.2. The molecule has 0 N–H and O–H groups in total. The minimum Gasteiger partial charge on any atom is -0.465 e. The summed E-state index contributed by atoms with van der Waals surface area (Å²) in [5, 5.41) is 0. The van der Waals surface area contributed by atoms with Gasteiger partial charge in [-0.05, 0) is 90.1 Å². The Morgan fingerprint density at radius 1 is 0.574 bits per heavy atom. The molecule has 1 aliphatic rings. The molecule has 0 amide bonds. The molecule has 0 radical (unpaired) electrons. The fourth-order valence-electron chi connectivity index (χ4n) is 6.95. The molecular weight excluding hydrogens is 771 g/mol. The fourth-order valence-corrected chi connectivity index (χ4v) is 6.95. The standard InChI is InChI=1S/C51H89NO9/c1-5-9-12-15-18-19-20-21-22-23-24-25-26-27-30-35-48(53)58-43-47(45-61-51(55)60-42-46-34-33-38-52(8-4)41-46)44-59-49(54)36-37-50(56-39-31-28-16-13-10-6-2)57-40-32-29-17-14-11-7-3/h18-19,21-22,28-29,31-32,46-47,50H,5-17,20,23-27,30,33-45H2,1-4H3/b19-18-,22-21-,31-28+,32-29+. The lowest BCUT2D eigenvalue weighted by Crippen LogP contribution is -2.37. The lowest BCUT2D eigenvalue weighted by Gasteiger charge is -2.31. The second-order valence-electron chi connectivity index (χ2n) is 16.6. The number of likely N-dealkylation sites (tertiary alicyclic amines) is 1. The number of unbranched alkanes of at least 4 members (excludes halogenated alkanes) is 14. The molecule has 0 aromatic carbocycles. The number of allylic oxidation sites excluding steroid dienone is 6. The van der Waals surface area contributed by atoms with Gasteiger partial charge < -0.3 is 33.3 Å². The second kappa shape index (κ2) is 42.4. The van der Waals surface area contributed by atoms with Crippen molar-refractivity contribution >= 4 is 18.1 Å². The van der Waals surface area contributed by atoms with Crippen LogP contribution in [0.2, 0.25) is 0 Å². The van der Waals surface area contributed by atoms with Gasteiger partial charge in [-0.3, -0.25) is 9.59 Å². The molecule has 1 heterocycles. The summed E-state index contributed by atoms with van der Waals surface area (Å²) in [5.74, 6) is -0.995. The van der Waals surface area contributed by atoms with Gasteiger partial charge in [-0.1, -0.05) is 134 Å². The van der Waals surface area contributed by atoms with Crippen molar-refractivity contribution in [1.82, 2.24) is 4.90 Å². The third kappa shape index (κ3) is 36.3. The predicted molar refractivity (Wildman–Crippen MR) is 248 cm³/mol. The van der Waals surface area contributed by atoms with Gasteiger partial charge in [-0.2, -0.15) is 0 Å². The third-order valence-corrected chi connectivity index (χ3v) is 10.8. The van der Waals surface area contributed by atoms with E-state index in [-0.39, 0.29) is 38.1 Å². The van der Waals surface area contributed by atoms with Crippen LogP contribution in [0.1, 0.15) is 182 Å². The fraction of sp³-hybridized carbons (Fsp3) is 0.784. The predicted octanol–water partition coefficient (Wildman–Crippen LogP) is 12.8. The van der Waals surface area contributed by atoms with Crippen LogP contribution < -0.4 is 0 Å². The number of carbonyl (C=O) groups is 3. The first kappa shape index (κ1) is 56.1. The van der Waals surface area contributed by atoms with Crippen molar-refractivity contribution in [3.63, 3.8) is 0 Å². The number of hydrogen-bond donors (Lipinski definition) is 0. The summed E-state index contributed by atoms with van der Waals surface area (Å²) >= 11 is 0. The molecule has 0 saturated carbocycles. The van der Waals surface area contributed by atoms with Crippen molar-refractivity contribution < 1.29 is 42.8 Å². The number of piperidine rings is 1. The minimum atomic E-state index is -0.766. The third-order valence-electron chi connectivity index (χ3n) is 10.8. The number of carbonyl (C=O) groups excluding carboxylic acids is 3. The van der Waals surface area contributed by atoms with Crippen LogP contribution in [0.15, 0.2) is 48.6 Å². The molecule has 0 spiro atoms. The highest BCUT2D eigenvalue weighted by molar-refractivity contribution is 5.69. The molecule has 2 atom stereocenters. The maximum absolute atomic E-state index is 13.0. The smallest absolute Gasteiger partial charge is 0.465 e. The Bertz CT molecular complexity index is 1140. The first-order chi connectivity index (χ1) is 29.9. The van der Waals surface area contributed by atoms with Crippen molar-refractivity contribution in [2.24, 2.45) is 11.8 Å². The van der Waals surface area contributed by atoms with Crippen LogP contribution in [0.4, 0.5) is 4.79 Å². The number of ether oxygens (including phenoxy) is 6. The van der Waals surface area contributed by atoms with Crippen LogP contribution in [0, 0.1) is 11.8 Å². The molecule has 0 aromatic heterocycles. The van der Waals surface area contributed by atoms with Crippen molar-refractivity contribution in [2.75, 3.05) is 59.3 Å². The van der Waals surface area contributed by atoms with E-state index in [1.54, 1.807) is 0 Å². The molecule has 10 nitrogen and oxygen atoms in total. The normalized spacial score (nSPS) is 15.5. The van der Waals surface area contributed by atoms with E-state index in [2.05, 4.69) is 69.1 Å². The Morgan fingerprint density at radius 2 is 1.08 bits per heavy atom. The Morgan fingerprint density at radius 3 is 1.66 bits per heavy atom. The summed E-state index contributed by atoms with van der Waals surface area (Å²) in [6.45, 7) is 12.6. The largest absolute Gasteiger partial charge is 0.508 e. The lowest BCUT2D eigenvalue weighted by atomic mass is 9.99. The van der Waals surface area contributed by atoms with Gasteiger partial charge in [0.1, 0.15) is 19.8 Å². The topological polar surface area (TPSA) is 110 Å². The zero-order valence-corrected chi connectivity index (χ0v) is 39.3. The number of hydrogen-bond acceptors (Lipinski definition) is 10. The number of rotatable bonds is 40. The summed E-state index contributed by atoms with van der Waals surface area (Å²) in [6, 6.07) is 0. The molecular formula is C51H89NO9. The molecule has 0 aromatic rings. The van der Waals surface area contributed by atoms with Crippen LogP contribution in [0.5, 0.6) is 0 Å². The van der Waals surface area contributed by atoms with Gasteiger partial charge in [-0.25, -0.2) is 4.79 Å². The highest BCUT2D eigenvalue weighted by atomic mass is 16.7. The zero-order chi connectivity index (χ0) is 44.3. The molecule has 0 bridgehead atoms. The maximum Gasteiger partial charge on any atom is 0.508 e. The average Bonchev–Trinajstić information content (AvgIpc) is 3.27. The number of esters is 2. The average molecular weight is 860 g/mol. The van der Waals surface area contributed by atoms with Crippen molar-refractivity contribution in [1.29, 1.82) is 0 Å². The molecule has 10 heteroatoms. The van der Waals surface area contributed by atoms with Crippen LogP contribution in [-0.2, 0) is 38.0 Å². The highest BCUT2D eigenvalue weighted by Crippen LogP contribution is 2.17. The van der Waals surface area contributed by atoms with E-state index >= 15 is 0 Å². The molecule has 1 saturated heterocycles. The summed E-state index contributed by atoms with van der Waals surface area (Å²) in [5.41, 5.74) is 0. The van der Waals surface area contributed by atoms with Crippen LogP contribution in [0.3, 0.4) is 0 Å². The van der Waals surface area contributed by atoms with Gasteiger partial charge in [0.15, 0.2) is 6.29 Å². The summed E-state index contributed by atoms with van der Waals surface area (Å²) in [4.78, 5) is 40.6. The Kier molecular flexibility index (Phi) is 38.9. The van der Waals surface area contributed by atoms with Gasteiger partial charge >= 0.3 is 18.1 Å². The Labute approximate surface area is 372 Å². The SMILES string of the molecule is CCCCC/C=C\C/C=C\CCCCCCCC(=O)OCC(COC(=O)CCC(OC/C=C/CCCCC)OC/C=C/CCCCC)COC(=O)OCC1CCCN(CC)C1. The van der Waals surface area contributed by atoms with E-state index < -0.39 is 24.3 Å². The van der Waals surface area contributed by atoms with Crippen LogP contribution in [0.25, 0.3) is 0 Å². The van der Waals surface area contributed by atoms with Gasteiger partial charge in [0.05, 0.1) is 32.2 Å². The first-order valence-electron chi connectivity index (χ1n) is 24.6. The van der Waals surface area contributed by atoms with Crippen molar-refractivity contribution in [2.45, 2.75) is 188 Å². The lowest BCUT2D eigenvalue weighted by molar-refractivity contribution is -0.156. The summed E-state index contributed by atoms with van der Waals surface area (Å²) in [7, 11) is 0. The number of nitrogens with zero attached hydrogens (tertiary/aromatic N) is 1. The Hall–Kier alpha value is -2.95. The van der Waals surface area contributed by atoms with E-state index in [1.165, 1.54) is 51.4 Å². The van der Waals surface area contributed by atoms with E-state index in [4.69, 9.17) is 28.4 Å². The van der Waals surface area contributed by atoms with Gasteiger partial charge in [0.2, 0.25) is 0 Å². The molecule has 1 aliphatic heterocycles. The van der Waals surface area contributed by atoms with E-state index in [1.807, 2.05) is 12.2 Å². The highest BCUT2D eigenvalue weighted by Gasteiger charge is 2.22. The van der Waals surface area contributed by atoms with Gasteiger partial charge in [-0.15, -0.1) is 0 Å². The van der Waals surface area contributed by atoms with E-state index in [0.717, 1.165) is 103 Å².